The predicted molar refractivity (Wildman–Crippen MR) is 54.0 cm³/mol. The zero-order valence-corrected chi connectivity index (χ0v) is 9.20. The number of aliphatic carboxylic acids is 1. The van der Waals surface area contributed by atoms with Gasteiger partial charge in [0.2, 0.25) is 0 Å². The summed E-state index contributed by atoms with van der Waals surface area (Å²) in [5.41, 5.74) is 3.33. The lowest BCUT2D eigenvalue weighted by Crippen LogP contribution is -2.65. The maximum absolute atomic E-state index is 11.1. The molecule has 0 aliphatic rings. The first-order valence-corrected chi connectivity index (χ1v) is 5.29. The number of carboxylic acids is 1. The largest absolute Gasteiger partial charge is 0.477 e. The number of hydrogen-bond acceptors (Lipinski definition) is 3. The lowest BCUT2D eigenvalue weighted by Gasteiger charge is -2.05. The molecule has 0 amide bonds. The van der Waals surface area contributed by atoms with E-state index in [0.717, 1.165) is 25.7 Å². The predicted octanol–water partition coefficient (Wildman–Crippen LogP) is 0.195. The zero-order chi connectivity index (χ0) is 11.7. The van der Waals surface area contributed by atoms with Crippen LogP contribution in [-0.2, 0) is 14.3 Å². The van der Waals surface area contributed by atoms with Crippen LogP contribution in [0.4, 0.5) is 0 Å². The SMILES string of the molecule is CCCCCCOC(=O)CC([NH3+])C(=O)O. The van der Waals surface area contributed by atoms with Gasteiger partial charge in [-0.2, -0.15) is 0 Å². The molecule has 88 valence electrons. The smallest absolute Gasteiger partial charge is 0.362 e. The van der Waals surface area contributed by atoms with Crippen LogP contribution in [0.2, 0.25) is 0 Å². The highest BCUT2D eigenvalue weighted by Crippen LogP contribution is 2.00. The minimum Gasteiger partial charge on any atom is -0.477 e. The van der Waals surface area contributed by atoms with E-state index in [2.05, 4.69) is 12.7 Å². The molecule has 0 saturated carbocycles. The third kappa shape index (κ3) is 7.93. The molecular weight excluding hydrogens is 198 g/mol. The van der Waals surface area contributed by atoms with Crippen molar-refractivity contribution in [2.45, 2.75) is 45.1 Å². The first-order valence-electron chi connectivity index (χ1n) is 5.29. The van der Waals surface area contributed by atoms with Crippen molar-refractivity contribution >= 4 is 11.9 Å². The highest BCUT2D eigenvalue weighted by Gasteiger charge is 2.20. The summed E-state index contributed by atoms with van der Waals surface area (Å²) >= 11 is 0. The van der Waals surface area contributed by atoms with Crippen molar-refractivity contribution in [1.29, 1.82) is 0 Å². The fraction of sp³-hybridized carbons (Fsp3) is 0.800. The molecule has 0 spiro atoms. The standard InChI is InChI=1S/C10H19NO4/c1-2-3-4-5-6-15-9(12)7-8(11)10(13)14/h8H,2-7,11H2,1H3,(H,13,14)/p+1. The fourth-order valence-corrected chi connectivity index (χ4v) is 1.06. The van der Waals surface area contributed by atoms with Crippen LogP contribution in [-0.4, -0.2) is 29.7 Å². The van der Waals surface area contributed by atoms with E-state index in [4.69, 9.17) is 9.84 Å². The molecule has 0 bridgehead atoms. The summed E-state index contributed by atoms with van der Waals surface area (Å²) in [5.74, 6) is -1.55. The van der Waals surface area contributed by atoms with Crippen LogP contribution in [0.3, 0.4) is 0 Å². The summed E-state index contributed by atoms with van der Waals surface area (Å²) in [5, 5.41) is 8.50. The number of hydrogen-bond donors (Lipinski definition) is 2. The molecule has 1 atom stereocenters. The van der Waals surface area contributed by atoms with Gasteiger partial charge in [0.05, 0.1) is 6.61 Å². The third-order valence-corrected chi connectivity index (χ3v) is 2.02. The summed E-state index contributed by atoms with van der Waals surface area (Å²) in [4.78, 5) is 21.4. The maximum atomic E-state index is 11.1. The van der Waals surface area contributed by atoms with Crippen LogP contribution in [0.1, 0.15) is 39.0 Å². The number of esters is 1. The summed E-state index contributed by atoms with van der Waals surface area (Å²) in [7, 11) is 0. The molecule has 0 fully saturated rings. The number of carboxylic acid groups (broad SMARTS) is 1. The Morgan fingerprint density at radius 2 is 2.00 bits per heavy atom. The van der Waals surface area contributed by atoms with E-state index in [9.17, 15) is 9.59 Å². The van der Waals surface area contributed by atoms with Crippen molar-refractivity contribution in [3.63, 3.8) is 0 Å². The molecule has 1 unspecified atom stereocenters. The second-order valence-electron chi connectivity index (χ2n) is 3.52. The van der Waals surface area contributed by atoms with Gasteiger partial charge in [-0.25, -0.2) is 4.79 Å². The van der Waals surface area contributed by atoms with Crippen molar-refractivity contribution in [2.24, 2.45) is 0 Å². The lowest BCUT2D eigenvalue weighted by atomic mass is 10.2. The Kier molecular flexibility index (Phi) is 7.62. The van der Waals surface area contributed by atoms with Gasteiger partial charge in [-0.05, 0) is 6.42 Å². The highest BCUT2D eigenvalue weighted by molar-refractivity contribution is 5.79. The van der Waals surface area contributed by atoms with Gasteiger partial charge >= 0.3 is 11.9 Å². The van der Waals surface area contributed by atoms with Crippen LogP contribution in [0.5, 0.6) is 0 Å². The highest BCUT2D eigenvalue weighted by atomic mass is 16.5. The summed E-state index contributed by atoms with van der Waals surface area (Å²) in [6.07, 6.45) is 3.99. The average molecular weight is 218 g/mol. The normalized spacial score (nSPS) is 12.1. The second kappa shape index (κ2) is 8.23. The lowest BCUT2D eigenvalue weighted by molar-refractivity contribution is -0.407. The molecule has 4 N–H and O–H groups in total. The van der Waals surface area contributed by atoms with Gasteiger partial charge in [0.15, 0.2) is 6.04 Å². The van der Waals surface area contributed by atoms with E-state index in [-0.39, 0.29) is 6.42 Å². The van der Waals surface area contributed by atoms with Gasteiger partial charge in [0, 0.05) is 0 Å². The van der Waals surface area contributed by atoms with Crippen LogP contribution in [0.15, 0.2) is 0 Å². The number of carbonyl (C=O) groups is 2. The van der Waals surface area contributed by atoms with E-state index in [1.54, 1.807) is 0 Å². The molecule has 15 heavy (non-hydrogen) atoms. The quantitative estimate of drug-likeness (QED) is 0.449. The molecule has 0 aromatic carbocycles. The summed E-state index contributed by atoms with van der Waals surface area (Å²) in [6.45, 7) is 2.48. The van der Waals surface area contributed by atoms with Crippen molar-refractivity contribution in [2.75, 3.05) is 6.61 Å². The molecule has 0 aliphatic heterocycles. The summed E-state index contributed by atoms with van der Waals surface area (Å²) < 4.78 is 4.87. The molecule has 5 nitrogen and oxygen atoms in total. The number of rotatable bonds is 8. The number of ether oxygens (including phenoxy) is 1. The van der Waals surface area contributed by atoms with Gasteiger partial charge in [-0.1, -0.05) is 26.2 Å². The molecule has 0 aliphatic carbocycles. The average Bonchev–Trinajstić information content (AvgIpc) is 2.17. The Bertz CT molecular complexity index is 206. The Balaban J connectivity index is 3.45. The number of unbranched alkanes of at least 4 members (excludes halogenated alkanes) is 3. The number of quaternary nitrogens is 1. The molecule has 5 heteroatoms. The van der Waals surface area contributed by atoms with Crippen LogP contribution < -0.4 is 5.73 Å². The zero-order valence-electron chi connectivity index (χ0n) is 9.20. The van der Waals surface area contributed by atoms with Crippen molar-refractivity contribution in [3.05, 3.63) is 0 Å². The van der Waals surface area contributed by atoms with Gasteiger partial charge in [0.1, 0.15) is 6.42 Å². The van der Waals surface area contributed by atoms with E-state index >= 15 is 0 Å². The fourth-order valence-electron chi connectivity index (χ4n) is 1.06. The topological polar surface area (TPSA) is 91.2 Å². The molecular formula is C10H20NO4+. The molecule has 0 aromatic heterocycles. The van der Waals surface area contributed by atoms with Crippen LogP contribution in [0, 0.1) is 0 Å². The van der Waals surface area contributed by atoms with E-state index in [1.165, 1.54) is 0 Å². The second-order valence-corrected chi connectivity index (χ2v) is 3.52. The van der Waals surface area contributed by atoms with Crippen LogP contribution >= 0.6 is 0 Å². The maximum Gasteiger partial charge on any atom is 0.362 e. The number of carbonyl (C=O) groups excluding carboxylic acids is 1. The Hall–Kier alpha value is -1.10. The molecule has 0 heterocycles. The molecule has 0 saturated heterocycles. The van der Waals surface area contributed by atoms with Crippen molar-refractivity contribution in [3.8, 4) is 0 Å². The molecule has 0 aromatic rings. The monoisotopic (exact) mass is 218 g/mol. The Morgan fingerprint density at radius 1 is 1.33 bits per heavy atom. The van der Waals surface area contributed by atoms with E-state index in [0.29, 0.717) is 6.61 Å². The minimum absolute atomic E-state index is 0.150. The van der Waals surface area contributed by atoms with E-state index in [1.807, 2.05) is 0 Å². The molecule has 0 rings (SSSR count). The van der Waals surface area contributed by atoms with Crippen LogP contribution in [0.25, 0.3) is 0 Å². The van der Waals surface area contributed by atoms with Crippen molar-refractivity contribution in [1.82, 2.24) is 0 Å². The first-order chi connectivity index (χ1) is 7.07. The van der Waals surface area contributed by atoms with Gasteiger partial charge in [0.25, 0.3) is 0 Å². The van der Waals surface area contributed by atoms with Gasteiger partial charge < -0.3 is 15.6 Å². The van der Waals surface area contributed by atoms with Gasteiger partial charge in [-0.3, -0.25) is 4.79 Å². The Labute approximate surface area is 89.6 Å². The van der Waals surface area contributed by atoms with Gasteiger partial charge in [-0.15, -0.1) is 0 Å². The molecule has 0 radical (unpaired) electrons. The minimum atomic E-state index is -1.07. The summed E-state index contributed by atoms with van der Waals surface area (Å²) in [6, 6.07) is -0.909. The first kappa shape index (κ1) is 13.9. The Morgan fingerprint density at radius 3 is 2.53 bits per heavy atom. The van der Waals surface area contributed by atoms with Crippen molar-refractivity contribution < 1.29 is 25.2 Å². The third-order valence-electron chi connectivity index (χ3n) is 2.02. The van der Waals surface area contributed by atoms with E-state index < -0.39 is 18.0 Å².